The fraction of sp³-hybridized carbons (Fsp3) is 0.156. The fourth-order valence-electron chi connectivity index (χ4n) is 4.91. The van der Waals surface area contributed by atoms with Crippen molar-refractivity contribution in [2.45, 2.75) is 25.9 Å². The summed E-state index contributed by atoms with van der Waals surface area (Å²) in [5.74, 6) is 0.487. The minimum Gasteiger partial charge on any atom is -0.497 e. The van der Waals surface area contributed by atoms with Gasteiger partial charge in [0.25, 0.3) is 0 Å². The summed E-state index contributed by atoms with van der Waals surface area (Å²) < 4.78 is 11.2. The van der Waals surface area contributed by atoms with E-state index < -0.39 is 0 Å². The zero-order valence-electron chi connectivity index (χ0n) is 21.0. The molecule has 0 aliphatic heterocycles. The maximum Gasteiger partial charge on any atom is 0.339 e. The maximum atomic E-state index is 13.6. The number of ether oxygens (including phenoxy) is 2. The Morgan fingerprint density at radius 3 is 2.55 bits per heavy atom. The van der Waals surface area contributed by atoms with Gasteiger partial charge in [-0.1, -0.05) is 60.7 Å². The molecule has 0 saturated heterocycles. The lowest BCUT2D eigenvalue weighted by atomic mass is 9.86. The van der Waals surface area contributed by atoms with Crippen LogP contribution in [0.15, 0.2) is 84.2 Å². The largest absolute Gasteiger partial charge is 0.497 e. The van der Waals surface area contributed by atoms with Crippen LogP contribution < -0.4 is 4.74 Å². The van der Waals surface area contributed by atoms with E-state index in [4.69, 9.17) is 14.5 Å². The van der Waals surface area contributed by atoms with Crippen molar-refractivity contribution in [2.75, 3.05) is 7.11 Å². The number of nitrogens with zero attached hydrogens (tertiary/aromatic N) is 2. The summed E-state index contributed by atoms with van der Waals surface area (Å²) in [6.45, 7) is 0.127. The number of carbonyl (C=O) groups is 1. The Morgan fingerprint density at radius 2 is 1.74 bits per heavy atom. The number of hydrogen-bond donors (Lipinski definition) is 0. The van der Waals surface area contributed by atoms with Crippen LogP contribution in [-0.2, 0) is 17.8 Å². The average molecular weight is 519 g/mol. The third-order valence-electron chi connectivity index (χ3n) is 6.75. The first kappa shape index (κ1) is 24.1. The Morgan fingerprint density at radius 1 is 0.947 bits per heavy atom. The van der Waals surface area contributed by atoms with Crippen molar-refractivity contribution in [3.8, 4) is 16.3 Å². The molecular formula is C32H26N2O3S. The second-order valence-corrected chi connectivity index (χ2v) is 10.1. The number of esters is 1. The number of fused-ring (bicyclic) bond motifs is 2. The Labute approximate surface area is 225 Å². The van der Waals surface area contributed by atoms with E-state index in [1.54, 1.807) is 18.4 Å². The number of rotatable bonds is 6. The number of pyridine rings is 1. The standard InChI is InChI=1S/C32H26N2O3S/c1-36-25-16-14-21(15-17-25)18-23-10-7-12-27-29(26-11-5-6-13-28(26)34-30(23)27)32(35)37-19-24-20-38-31(33-24)22-8-3-2-4-9-22/h2-6,8-9,11,13-18,20H,7,10,12,19H2,1H3/b23-18+. The van der Waals surface area contributed by atoms with Gasteiger partial charge < -0.3 is 9.47 Å². The van der Waals surface area contributed by atoms with Crippen LogP contribution in [0, 0.1) is 0 Å². The van der Waals surface area contributed by atoms with Crippen molar-refractivity contribution in [1.82, 2.24) is 9.97 Å². The van der Waals surface area contributed by atoms with E-state index >= 15 is 0 Å². The van der Waals surface area contributed by atoms with E-state index in [0.29, 0.717) is 5.56 Å². The minimum absolute atomic E-state index is 0.127. The highest BCUT2D eigenvalue weighted by atomic mass is 32.1. The summed E-state index contributed by atoms with van der Waals surface area (Å²) in [6.07, 6.45) is 4.79. The molecule has 0 bridgehead atoms. The molecule has 5 aromatic rings. The summed E-state index contributed by atoms with van der Waals surface area (Å²) in [7, 11) is 1.66. The van der Waals surface area contributed by atoms with E-state index in [-0.39, 0.29) is 12.6 Å². The van der Waals surface area contributed by atoms with Gasteiger partial charge in [0.05, 0.1) is 29.6 Å². The predicted octanol–water partition coefficient (Wildman–Crippen LogP) is 7.60. The van der Waals surface area contributed by atoms with E-state index in [9.17, 15) is 4.79 Å². The first-order valence-electron chi connectivity index (χ1n) is 12.6. The van der Waals surface area contributed by atoms with Crippen molar-refractivity contribution in [3.05, 3.63) is 112 Å². The molecule has 2 aromatic heterocycles. The lowest BCUT2D eigenvalue weighted by Crippen LogP contribution is -2.15. The fourth-order valence-corrected chi connectivity index (χ4v) is 5.72. The van der Waals surface area contributed by atoms with Gasteiger partial charge in [0, 0.05) is 16.3 Å². The van der Waals surface area contributed by atoms with Gasteiger partial charge >= 0.3 is 5.97 Å². The van der Waals surface area contributed by atoms with Gasteiger partial charge in [-0.05, 0) is 60.2 Å². The van der Waals surface area contributed by atoms with Gasteiger partial charge in [0.15, 0.2) is 0 Å². The molecule has 2 heterocycles. The van der Waals surface area contributed by atoms with Gasteiger partial charge in [0.2, 0.25) is 0 Å². The van der Waals surface area contributed by atoms with Crippen molar-refractivity contribution in [3.63, 3.8) is 0 Å². The first-order chi connectivity index (χ1) is 18.7. The molecule has 0 unspecified atom stereocenters. The molecule has 1 aliphatic rings. The first-order valence-corrected chi connectivity index (χ1v) is 13.5. The van der Waals surface area contributed by atoms with E-state index in [2.05, 4.69) is 11.1 Å². The number of aromatic nitrogens is 2. The molecule has 38 heavy (non-hydrogen) atoms. The molecule has 6 heteroatoms. The van der Waals surface area contributed by atoms with Crippen molar-refractivity contribution >= 4 is 39.9 Å². The molecule has 0 amide bonds. The van der Waals surface area contributed by atoms with Crippen LogP contribution in [0.1, 0.15) is 45.7 Å². The smallest absolute Gasteiger partial charge is 0.339 e. The lowest BCUT2D eigenvalue weighted by molar-refractivity contribution is 0.0469. The van der Waals surface area contributed by atoms with Crippen molar-refractivity contribution < 1.29 is 14.3 Å². The van der Waals surface area contributed by atoms with Crippen LogP contribution >= 0.6 is 11.3 Å². The molecule has 188 valence electrons. The molecule has 6 rings (SSSR count). The zero-order valence-corrected chi connectivity index (χ0v) is 21.8. The van der Waals surface area contributed by atoms with Crippen molar-refractivity contribution in [2.24, 2.45) is 0 Å². The van der Waals surface area contributed by atoms with Gasteiger partial charge in [-0.2, -0.15) is 0 Å². The van der Waals surface area contributed by atoms with E-state index in [1.807, 2.05) is 84.2 Å². The molecule has 3 aromatic carbocycles. The maximum absolute atomic E-state index is 13.6. The number of methoxy groups -OCH3 is 1. The number of hydrogen-bond acceptors (Lipinski definition) is 6. The van der Waals surface area contributed by atoms with E-state index in [1.165, 1.54) is 0 Å². The van der Waals surface area contributed by atoms with E-state index in [0.717, 1.165) is 74.6 Å². The summed E-state index contributed by atoms with van der Waals surface area (Å²) in [5.41, 5.74) is 7.26. The third kappa shape index (κ3) is 4.83. The average Bonchev–Trinajstić information content (AvgIpc) is 3.45. The monoisotopic (exact) mass is 518 g/mol. The van der Waals surface area contributed by atoms with Crippen LogP contribution in [0.3, 0.4) is 0 Å². The minimum atomic E-state index is -0.334. The van der Waals surface area contributed by atoms with Gasteiger partial charge in [-0.15, -0.1) is 11.3 Å². The predicted molar refractivity (Wildman–Crippen MR) is 152 cm³/mol. The molecule has 1 aliphatic carbocycles. The number of benzene rings is 3. The lowest BCUT2D eigenvalue weighted by Gasteiger charge is -2.22. The van der Waals surface area contributed by atoms with Gasteiger partial charge in [-0.3, -0.25) is 0 Å². The number of carbonyl (C=O) groups excluding carboxylic acids is 1. The van der Waals surface area contributed by atoms with Crippen molar-refractivity contribution in [1.29, 1.82) is 0 Å². The zero-order chi connectivity index (χ0) is 25.9. The third-order valence-corrected chi connectivity index (χ3v) is 7.69. The Hall–Kier alpha value is -4.29. The second kappa shape index (κ2) is 10.6. The molecular weight excluding hydrogens is 492 g/mol. The van der Waals surface area contributed by atoms with Crippen LogP contribution in [0.25, 0.3) is 33.1 Å². The van der Waals surface area contributed by atoms with Crippen LogP contribution in [-0.4, -0.2) is 23.0 Å². The SMILES string of the molecule is COc1ccc(/C=C2\CCCc3c2nc2ccccc2c3C(=O)OCc2csc(-c3ccccc3)n2)cc1. The number of allylic oxidation sites excluding steroid dienone is 1. The van der Waals surface area contributed by atoms with Crippen LogP contribution in [0.2, 0.25) is 0 Å². The molecule has 5 nitrogen and oxygen atoms in total. The Kier molecular flexibility index (Phi) is 6.71. The number of para-hydroxylation sites is 1. The van der Waals surface area contributed by atoms with Gasteiger partial charge in [-0.25, -0.2) is 14.8 Å². The summed E-state index contributed by atoms with van der Waals surface area (Å²) >= 11 is 1.55. The molecule has 0 spiro atoms. The second-order valence-electron chi connectivity index (χ2n) is 9.21. The summed E-state index contributed by atoms with van der Waals surface area (Å²) in [5, 5.41) is 3.69. The highest BCUT2D eigenvalue weighted by Crippen LogP contribution is 2.37. The number of thiazole rings is 1. The Balaban J connectivity index is 1.33. The summed E-state index contributed by atoms with van der Waals surface area (Å²) in [4.78, 5) is 23.3. The molecule has 0 N–H and O–H groups in total. The highest BCUT2D eigenvalue weighted by Gasteiger charge is 2.26. The highest BCUT2D eigenvalue weighted by molar-refractivity contribution is 7.13. The molecule has 0 saturated carbocycles. The topological polar surface area (TPSA) is 61.3 Å². The molecule has 0 atom stereocenters. The Bertz CT molecular complexity index is 1640. The normalized spacial score (nSPS) is 13.9. The molecule has 0 radical (unpaired) electrons. The van der Waals surface area contributed by atoms with Crippen LogP contribution in [0.5, 0.6) is 5.75 Å². The van der Waals surface area contributed by atoms with Gasteiger partial charge in [0.1, 0.15) is 17.4 Å². The summed E-state index contributed by atoms with van der Waals surface area (Å²) in [6, 6.07) is 25.8. The van der Waals surface area contributed by atoms with Crippen LogP contribution in [0.4, 0.5) is 0 Å². The molecule has 0 fully saturated rings. The quantitative estimate of drug-likeness (QED) is 0.217.